The molecule has 1 rings (SSSR count). The van der Waals surface area contributed by atoms with Crippen LogP contribution in [-0.4, -0.2) is 14.0 Å². The molecule has 1 aromatic rings. The van der Waals surface area contributed by atoms with Gasteiger partial charge >= 0.3 is 5.92 Å². The summed E-state index contributed by atoms with van der Waals surface area (Å²) in [5.41, 5.74) is 4.91. The van der Waals surface area contributed by atoms with Gasteiger partial charge in [0.25, 0.3) is 0 Å². The van der Waals surface area contributed by atoms with Gasteiger partial charge in [-0.05, 0) is 34.2 Å². The van der Waals surface area contributed by atoms with Gasteiger partial charge in [0.1, 0.15) is 8.07 Å². The first-order chi connectivity index (χ1) is 10.6. The van der Waals surface area contributed by atoms with E-state index in [1.54, 1.807) is 12.1 Å². The van der Waals surface area contributed by atoms with E-state index in [1.165, 1.54) is 6.08 Å². The average Bonchev–Trinajstić information content (AvgIpc) is 2.46. The van der Waals surface area contributed by atoms with Crippen molar-refractivity contribution < 1.29 is 8.78 Å². The lowest BCUT2D eigenvalue weighted by Crippen LogP contribution is -2.43. The first-order valence-corrected chi connectivity index (χ1v) is 10.5. The van der Waals surface area contributed by atoms with Crippen LogP contribution in [0.25, 0.3) is 6.08 Å². The highest BCUT2D eigenvalue weighted by Gasteiger charge is 2.42. The second-order valence-corrected chi connectivity index (χ2v) is 12.6. The lowest BCUT2D eigenvalue weighted by molar-refractivity contribution is 0.124. The summed E-state index contributed by atoms with van der Waals surface area (Å²) < 4.78 is 28.4. The number of halogens is 2. The Balaban J connectivity index is 3.12. The quantitative estimate of drug-likeness (QED) is 0.423. The van der Waals surface area contributed by atoms with Crippen LogP contribution in [0.1, 0.15) is 47.1 Å². The topological polar surface area (TPSA) is 0 Å². The van der Waals surface area contributed by atoms with Gasteiger partial charge < -0.3 is 0 Å². The molecule has 0 heterocycles. The zero-order chi connectivity index (χ0) is 17.7. The summed E-state index contributed by atoms with van der Waals surface area (Å²) in [6.45, 7) is 12.7. The molecular formula is C20H28F2Si. The molecule has 0 amide bonds. The van der Waals surface area contributed by atoms with Gasteiger partial charge in [-0.15, -0.1) is 5.54 Å². The third kappa shape index (κ3) is 5.04. The molecule has 0 bridgehead atoms. The van der Waals surface area contributed by atoms with Gasteiger partial charge in [0.15, 0.2) is 0 Å². The average molecular weight is 335 g/mol. The molecule has 0 aliphatic rings. The molecule has 0 saturated carbocycles. The van der Waals surface area contributed by atoms with E-state index in [0.717, 1.165) is 11.6 Å². The van der Waals surface area contributed by atoms with Crippen molar-refractivity contribution in [2.24, 2.45) is 0 Å². The summed E-state index contributed by atoms with van der Waals surface area (Å²) in [7, 11) is -2.12. The maximum absolute atomic E-state index is 14.2. The summed E-state index contributed by atoms with van der Waals surface area (Å²) in [6, 6.07) is 9.13. The maximum atomic E-state index is 14.2. The van der Waals surface area contributed by atoms with Crippen LogP contribution in [0.5, 0.6) is 0 Å². The second kappa shape index (κ2) is 7.92. The van der Waals surface area contributed by atoms with Crippen LogP contribution in [-0.2, 0) is 0 Å². The normalized spacial score (nSPS) is 13.0. The van der Waals surface area contributed by atoms with Crippen molar-refractivity contribution in [1.29, 1.82) is 0 Å². The Morgan fingerprint density at radius 3 is 1.83 bits per heavy atom. The Kier molecular flexibility index (Phi) is 6.77. The third-order valence-corrected chi connectivity index (χ3v) is 10.9. The lowest BCUT2D eigenvalue weighted by Gasteiger charge is -2.38. The first-order valence-electron chi connectivity index (χ1n) is 8.28. The molecule has 0 saturated heterocycles. The first kappa shape index (κ1) is 19.6. The molecule has 0 nitrogen and oxygen atoms in total. The van der Waals surface area contributed by atoms with E-state index in [0.29, 0.717) is 16.6 Å². The van der Waals surface area contributed by atoms with Gasteiger partial charge in [-0.3, -0.25) is 0 Å². The molecule has 23 heavy (non-hydrogen) atoms. The van der Waals surface area contributed by atoms with E-state index >= 15 is 0 Å². The summed E-state index contributed by atoms with van der Waals surface area (Å²) >= 11 is 0. The Morgan fingerprint density at radius 1 is 0.913 bits per heavy atom. The van der Waals surface area contributed by atoms with Crippen LogP contribution >= 0.6 is 0 Å². The summed E-state index contributed by atoms with van der Waals surface area (Å²) in [4.78, 5) is 0. The van der Waals surface area contributed by atoms with Crippen LogP contribution in [0, 0.1) is 11.5 Å². The van der Waals surface area contributed by atoms with Crippen LogP contribution in [0.2, 0.25) is 16.6 Å². The van der Waals surface area contributed by atoms with Gasteiger partial charge in [0.05, 0.1) is 0 Å². The smallest absolute Gasteiger partial charge is 0.187 e. The van der Waals surface area contributed by atoms with E-state index < -0.39 is 14.0 Å². The predicted octanol–water partition coefficient (Wildman–Crippen LogP) is 6.56. The van der Waals surface area contributed by atoms with Crippen molar-refractivity contribution in [1.82, 2.24) is 0 Å². The Labute approximate surface area is 141 Å². The molecule has 0 radical (unpaired) electrons. The zero-order valence-corrected chi connectivity index (χ0v) is 16.0. The molecule has 0 spiro atoms. The third-order valence-electron chi connectivity index (χ3n) is 4.60. The van der Waals surface area contributed by atoms with E-state index in [4.69, 9.17) is 0 Å². The SMILES string of the molecule is CC(C)[Si](C#CC(F)(F)/C=C/c1ccccc1)(C(C)C)C(C)C. The van der Waals surface area contributed by atoms with E-state index in [-0.39, 0.29) is 0 Å². The van der Waals surface area contributed by atoms with Gasteiger partial charge in [-0.25, -0.2) is 0 Å². The highest BCUT2D eigenvalue weighted by Crippen LogP contribution is 2.41. The fraction of sp³-hybridized carbons (Fsp3) is 0.500. The maximum Gasteiger partial charge on any atom is 0.326 e. The molecule has 1 aromatic carbocycles. The number of hydrogen-bond donors (Lipinski definition) is 0. The number of benzene rings is 1. The number of alkyl halides is 2. The van der Waals surface area contributed by atoms with Crippen molar-refractivity contribution in [3.63, 3.8) is 0 Å². The Hall–Kier alpha value is -1.40. The second-order valence-electron chi connectivity index (χ2n) is 7.01. The fourth-order valence-electron chi connectivity index (χ4n) is 3.43. The van der Waals surface area contributed by atoms with E-state index in [9.17, 15) is 8.78 Å². The molecule has 0 aliphatic carbocycles. The number of allylic oxidation sites excluding steroid dienone is 1. The molecule has 3 heteroatoms. The molecule has 0 unspecified atom stereocenters. The minimum absolute atomic E-state index is 0.351. The molecule has 0 atom stereocenters. The highest BCUT2D eigenvalue weighted by molar-refractivity contribution is 6.90. The van der Waals surface area contributed by atoms with Crippen molar-refractivity contribution in [2.45, 2.75) is 64.1 Å². The van der Waals surface area contributed by atoms with Gasteiger partial charge in [-0.1, -0.05) is 78.0 Å². The van der Waals surface area contributed by atoms with Crippen molar-refractivity contribution in [3.05, 3.63) is 42.0 Å². The van der Waals surface area contributed by atoms with Gasteiger partial charge in [0.2, 0.25) is 0 Å². The summed E-state index contributed by atoms with van der Waals surface area (Å²) in [5.74, 6) is -0.785. The van der Waals surface area contributed by atoms with Crippen LogP contribution in [0.4, 0.5) is 8.78 Å². The molecule has 0 fully saturated rings. The predicted molar refractivity (Wildman–Crippen MR) is 99.2 cm³/mol. The van der Waals surface area contributed by atoms with Crippen molar-refractivity contribution >= 4 is 14.1 Å². The van der Waals surface area contributed by atoms with E-state index in [2.05, 4.69) is 53.0 Å². The van der Waals surface area contributed by atoms with Crippen LogP contribution in [0.3, 0.4) is 0 Å². The monoisotopic (exact) mass is 334 g/mol. The van der Waals surface area contributed by atoms with Crippen molar-refractivity contribution in [2.75, 3.05) is 0 Å². The Morgan fingerprint density at radius 2 is 1.39 bits per heavy atom. The summed E-state index contributed by atoms with van der Waals surface area (Å²) in [6.07, 6.45) is 2.35. The Bertz CT molecular complexity index is 553. The lowest BCUT2D eigenvalue weighted by atomic mass is 10.2. The molecule has 126 valence electrons. The highest BCUT2D eigenvalue weighted by atomic mass is 28.3. The van der Waals surface area contributed by atoms with Crippen LogP contribution in [0.15, 0.2) is 36.4 Å². The minimum atomic E-state index is -3.09. The molecular weight excluding hydrogens is 306 g/mol. The standard InChI is InChI=1S/C20H28F2Si/c1-16(2)23(17(3)4,18(5)6)15-14-20(21,22)13-12-19-10-8-7-9-11-19/h7-13,16-18H,1-6H3/b13-12+. The van der Waals surface area contributed by atoms with Gasteiger partial charge in [0, 0.05) is 0 Å². The number of hydrogen-bond acceptors (Lipinski definition) is 0. The summed E-state index contributed by atoms with van der Waals surface area (Å²) in [5, 5.41) is 0. The van der Waals surface area contributed by atoms with Crippen molar-refractivity contribution in [3.8, 4) is 11.5 Å². The van der Waals surface area contributed by atoms with E-state index in [1.807, 2.05) is 18.2 Å². The zero-order valence-electron chi connectivity index (χ0n) is 15.0. The number of rotatable bonds is 5. The molecule has 0 N–H and O–H groups in total. The molecule has 0 aromatic heterocycles. The van der Waals surface area contributed by atoms with Crippen LogP contribution < -0.4 is 0 Å². The minimum Gasteiger partial charge on any atom is -0.187 e. The molecule has 0 aliphatic heterocycles. The fourth-order valence-corrected chi connectivity index (χ4v) is 8.68. The van der Waals surface area contributed by atoms with Gasteiger partial charge in [-0.2, -0.15) is 8.78 Å². The largest absolute Gasteiger partial charge is 0.326 e.